The van der Waals surface area contributed by atoms with Crippen molar-refractivity contribution >= 4 is 17.5 Å². The first kappa shape index (κ1) is 19.1. The second-order valence-electron chi connectivity index (χ2n) is 7.12. The topological polar surface area (TPSA) is 102 Å². The molecular weight excluding hydrogens is 342 g/mol. The van der Waals surface area contributed by atoms with E-state index >= 15 is 0 Å². The highest BCUT2D eigenvalue weighted by Gasteiger charge is 2.17. The number of hydrogen-bond acceptors (Lipinski definition) is 4. The highest BCUT2D eigenvalue weighted by Crippen LogP contribution is 2.20. The largest absolute Gasteiger partial charge is 0.364 e. The van der Waals surface area contributed by atoms with Gasteiger partial charge in [-0.25, -0.2) is 9.97 Å². The van der Waals surface area contributed by atoms with Crippen molar-refractivity contribution < 1.29 is 9.59 Å². The third-order valence-electron chi connectivity index (χ3n) is 5.24. The van der Waals surface area contributed by atoms with Crippen LogP contribution in [0.5, 0.6) is 0 Å². The number of primary amides is 1. The van der Waals surface area contributed by atoms with Crippen LogP contribution in [-0.2, 0) is 11.2 Å². The van der Waals surface area contributed by atoms with Gasteiger partial charge in [-0.2, -0.15) is 0 Å². The van der Waals surface area contributed by atoms with Crippen molar-refractivity contribution in [3.05, 3.63) is 40.6 Å². The summed E-state index contributed by atoms with van der Waals surface area (Å²) in [5, 5.41) is 3.01. The van der Waals surface area contributed by atoms with Crippen molar-refractivity contribution in [2.75, 3.05) is 6.54 Å². The van der Waals surface area contributed by atoms with Gasteiger partial charge in [0.1, 0.15) is 6.33 Å². The van der Waals surface area contributed by atoms with Gasteiger partial charge in [-0.1, -0.05) is 11.6 Å². The predicted molar refractivity (Wildman–Crippen MR) is 103 cm³/mol. The lowest BCUT2D eigenvalue weighted by atomic mass is 9.97. The molecule has 2 heterocycles. The summed E-state index contributed by atoms with van der Waals surface area (Å²) in [5.74, 6) is -0.544. The summed E-state index contributed by atoms with van der Waals surface area (Å²) in [7, 11) is 0. The smallest absolute Gasteiger partial charge is 0.271 e. The van der Waals surface area contributed by atoms with Crippen LogP contribution in [-0.4, -0.2) is 32.7 Å². The molecule has 2 amide bonds. The Bertz CT molecular complexity index is 897. The summed E-state index contributed by atoms with van der Waals surface area (Å²) in [6.45, 7) is 4.52. The number of nitrogens with one attached hydrogen (secondary N) is 1. The van der Waals surface area contributed by atoms with E-state index in [2.05, 4.69) is 21.4 Å². The molecule has 0 spiro atoms. The predicted octanol–water partition coefficient (Wildman–Crippen LogP) is 2.38. The van der Waals surface area contributed by atoms with E-state index in [0.29, 0.717) is 25.0 Å². The molecule has 3 rings (SSSR count). The molecule has 27 heavy (non-hydrogen) atoms. The molecule has 2 aromatic rings. The normalized spacial score (nSPS) is 14.2. The lowest BCUT2D eigenvalue weighted by Crippen LogP contribution is -2.25. The summed E-state index contributed by atoms with van der Waals surface area (Å²) in [5.41, 5.74) is 10.2. The molecule has 0 saturated carbocycles. The molecule has 3 N–H and O–H groups in total. The molecular formula is C20H27N5O2. The highest BCUT2D eigenvalue weighted by molar-refractivity contribution is 5.96. The number of aromatic nitrogens is 3. The minimum atomic E-state index is -0.594. The van der Waals surface area contributed by atoms with Crippen molar-refractivity contribution in [1.82, 2.24) is 19.7 Å². The van der Waals surface area contributed by atoms with Gasteiger partial charge in [0.05, 0.1) is 0 Å². The molecule has 2 aromatic heterocycles. The van der Waals surface area contributed by atoms with Gasteiger partial charge in [0, 0.05) is 24.4 Å². The summed E-state index contributed by atoms with van der Waals surface area (Å²) in [6.07, 6.45) is 10.7. The number of nitrogens with two attached hydrogens (primary N) is 1. The van der Waals surface area contributed by atoms with E-state index in [1.165, 1.54) is 24.8 Å². The first-order chi connectivity index (χ1) is 13.0. The van der Waals surface area contributed by atoms with Gasteiger partial charge in [0.15, 0.2) is 11.3 Å². The first-order valence-corrected chi connectivity index (χ1v) is 9.55. The Kier molecular flexibility index (Phi) is 5.88. The zero-order valence-corrected chi connectivity index (χ0v) is 16.0. The number of carbonyl (C=O) groups excluding carboxylic acids is 2. The zero-order valence-electron chi connectivity index (χ0n) is 16.0. The number of carbonyl (C=O) groups is 2. The third-order valence-corrected chi connectivity index (χ3v) is 5.24. The van der Waals surface area contributed by atoms with Gasteiger partial charge in [-0.15, -0.1) is 0 Å². The lowest BCUT2D eigenvalue weighted by Gasteiger charge is -2.14. The molecule has 1 aliphatic rings. The highest BCUT2D eigenvalue weighted by atomic mass is 16.2. The van der Waals surface area contributed by atoms with Crippen molar-refractivity contribution in [2.24, 2.45) is 5.73 Å². The van der Waals surface area contributed by atoms with Crippen LogP contribution >= 0.6 is 0 Å². The van der Waals surface area contributed by atoms with Crippen LogP contribution in [0.15, 0.2) is 18.0 Å². The number of hydrogen-bond donors (Lipinski definition) is 2. The minimum Gasteiger partial charge on any atom is -0.364 e. The maximum atomic E-state index is 12.2. The number of aryl methyl sites for hydroxylation is 2. The monoisotopic (exact) mass is 369 g/mol. The van der Waals surface area contributed by atoms with E-state index in [1.807, 2.05) is 13.8 Å². The Hall–Kier alpha value is -2.70. The fourth-order valence-electron chi connectivity index (χ4n) is 3.68. The Morgan fingerprint density at radius 3 is 2.78 bits per heavy atom. The maximum Gasteiger partial charge on any atom is 0.271 e. The van der Waals surface area contributed by atoms with Gasteiger partial charge in [0.2, 0.25) is 5.91 Å². The van der Waals surface area contributed by atoms with Crippen LogP contribution in [0.25, 0.3) is 5.65 Å². The zero-order chi connectivity index (χ0) is 19.4. The first-order valence-electron chi connectivity index (χ1n) is 9.55. The fourth-order valence-corrected chi connectivity index (χ4v) is 3.68. The molecule has 1 aliphatic carbocycles. The van der Waals surface area contributed by atoms with E-state index in [0.717, 1.165) is 29.8 Å². The van der Waals surface area contributed by atoms with Gasteiger partial charge in [-0.3, -0.25) is 14.0 Å². The molecule has 0 fully saturated rings. The second kappa shape index (κ2) is 8.33. The average molecular weight is 369 g/mol. The number of fused-ring (bicyclic) bond motifs is 1. The van der Waals surface area contributed by atoms with Crippen LogP contribution in [0.1, 0.15) is 66.0 Å². The molecule has 0 atom stereocenters. The molecule has 0 aliphatic heterocycles. The van der Waals surface area contributed by atoms with Crippen LogP contribution in [0.3, 0.4) is 0 Å². The molecule has 7 nitrogen and oxygen atoms in total. The van der Waals surface area contributed by atoms with E-state index in [1.54, 1.807) is 10.7 Å². The molecule has 144 valence electrons. The van der Waals surface area contributed by atoms with Crippen molar-refractivity contribution in [2.45, 2.75) is 58.8 Å². The Morgan fingerprint density at radius 1 is 1.26 bits per heavy atom. The van der Waals surface area contributed by atoms with E-state index in [4.69, 9.17) is 5.73 Å². The summed E-state index contributed by atoms with van der Waals surface area (Å²) in [6, 6.07) is 0. The van der Waals surface area contributed by atoms with E-state index < -0.39 is 5.91 Å². The van der Waals surface area contributed by atoms with E-state index in [9.17, 15) is 9.59 Å². The number of amides is 2. The van der Waals surface area contributed by atoms with Gasteiger partial charge in [-0.05, 0) is 57.9 Å². The second-order valence-corrected chi connectivity index (χ2v) is 7.12. The van der Waals surface area contributed by atoms with Crippen LogP contribution in [0.2, 0.25) is 0 Å². The number of imidazole rings is 1. The van der Waals surface area contributed by atoms with Crippen LogP contribution in [0.4, 0.5) is 0 Å². The molecule has 0 bridgehead atoms. The van der Waals surface area contributed by atoms with Crippen molar-refractivity contribution in [1.29, 1.82) is 0 Å². The third kappa shape index (κ3) is 4.35. The quantitative estimate of drug-likeness (QED) is 0.732. The molecule has 7 heteroatoms. The lowest BCUT2D eigenvalue weighted by molar-refractivity contribution is -0.121. The minimum absolute atomic E-state index is 0.0498. The average Bonchev–Trinajstić information content (AvgIpc) is 3.06. The molecule has 0 unspecified atom stereocenters. The Labute approximate surface area is 159 Å². The Morgan fingerprint density at radius 2 is 2.07 bits per heavy atom. The Balaban J connectivity index is 1.60. The number of nitrogens with zero attached hydrogens (tertiary/aromatic N) is 3. The van der Waals surface area contributed by atoms with Crippen molar-refractivity contribution in [3.63, 3.8) is 0 Å². The number of rotatable bonds is 7. The van der Waals surface area contributed by atoms with Crippen LogP contribution < -0.4 is 11.1 Å². The summed E-state index contributed by atoms with van der Waals surface area (Å²) in [4.78, 5) is 32.2. The standard InChI is InChI=1S/C20H27N5O2/c1-13-16(14(2)25-12-23-18(19(21)27)20(25)24-13)8-9-17(26)22-11-10-15-6-4-3-5-7-15/h6,12H,3-5,7-11H2,1-2H3,(H2,21,27)(H,22,26). The molecule has 0 aromatic carbocycles. The SMILES string of the molecule is Cc1nc2c(C(N)=O)ncn2c(C)c1CCC(=O)NCCC1=CCCCC1. The van der Waals surface area contributed by atoms with Gasteiger partial charge >= 0.3 is 0 Å². The number of allylic oxidation sites excluding steroid dienone is 1. The van der Waals surface area contributed by atoms with Crippen molar-refractivity contribution in [3.8, 4) is 0 Å². The van der Waals surface area contributed by atoms with Gasteiger partial charge in [0.25, 0.3) is 5.91 Å². The van der Waals surface area contributed by atoms with Gasteiger partial charge < -0.3 is 11.1 Å². The maximum absolute atomic E-state index is 12.2. The summed E-state index contributed by atoms with van der Waals surface area (Å²) < 4.78 is 1.76. The fraction of sp³-hybridized carbons (Fsp3) is 0.500. The summed E-state index contributed by atoms with van der Waals surface area (Å²) >= 11 is 0. The molecule has 0 radical (unpaired) electrons. The van der Waals surface area contributed by atoms with E-state index in [-0.39, 0.29) is 11.6 Å². The molecule has 0 saturated heterocycles. The van der Waals surface area contributed by atoms with Crippen LogP contribution in [0, 0.1) is 13.8 Å².